The van der Waals surface area contributed by atoms with Crippen molar-refractivity contribution in [1.82, 2.24) is 29.4 Å². The van der Waals surface area contributed by atoms with Crippen molar-refractivity contribution >= 4 is 45.5 Å². The molecule has 2 aliphatic heterocycles. The standard InChI is InChI=1S/C19H25N3O3.C17H22N4O2/c1-4-21-12-15-10-14(7-8-16(15)20-21)17-9-6-13(3)11-22(17)18(23)19(24)25-5-2;1-3-20-10-13-8-12(5-6-14(13)19-20)15-7-4-11(2)9-21(15)17(23)16(18)22/h7-8,10,12-13,17H,4-6,9,11H2,1-3H3;5-6,8,10-11,15H,3-4,7,9H2,1-2H3,(H2,18,22). The average Bonchev–Trinajstić information content (AvgIpc) is 3.71. The van der Waals surface area contributed by atoms with Crippen LogP contribution in [0.1, 0.15) is 83.5 Å². The van der Waals surface area contributed by atoms with E-state index < -0.39 is 23.7 Å². The van der Waals surface area contributed by atoms with Gasteiger partial charge in [-0.1, -0.05) is 26.0 Å². The van der Waals surface area contributed by atoms with Gasteiger partial charge in [0.1, 0.15) is 0 Å². The number of amides is 3. The highest BCUT2D eigenvalue weighted by molar-refractivity contribution is 6.34. The van der Waals surface area contributed by atoms with Gasteiger partial charge in [0.25, 0.3) is 0 Å². The molecule has 12 heteroatoms. The number of aryl methyl sites for hydroxylation is 2. The van der Waals surface area contributed by atoms with Crippen molar-refractivity contribution in [2.75, 3.05) is 19.7 Å². The number of ether oxygens (including phenoxy) is 1. The fourth-order valence-electron chi connectivity index (χ4n) is 6.83. The number of esters is 1. The van der Waals surface area contributed by atoms with Gasteiger partial charge in [-0.2, -0.15) is 10.2 Å². The molecule has 256 valence electrons. The van der Waals surface area contributed by atoms with Crippen LogP contribution >= 0.6 is 0 Å². The number of carbonyl (C=O) groups is 4. The highest BCUT2D eigenvalue weighted by atomic mass is 16.5. The lowest BCUT2D eigenvalue weighted by Gasteiger charge is -2.38. The van der Waals surface area contributed by atoms with E-state index in [1.165, 1.54) is 0 Å². The highest BCUT2D eigenvalue weighted by Gasteiger charge is 2.35. The quantitative estimate of drug-likeness (QED) is 0.241. The molecule has 2 saturated heterocycles. The van der Waals surface area contributed by atoms with E-state index in [0.717, 1.165) is 71.7 Å². The second-order valence-electron chi connectivity index (χ2n) is 13.0. The molecule has 0 bridgehead atoms. The molecule has 0 radical (unpaired) electrons. The Morgan fingerprint density at radius 3 is 1.60 bits per heavy atom. The van der Waals surface area contributed by atoms with Crippen LogP contribution in [-0.2, 0) is 37.0 Å². The molecule has 4 atom stereocenters. The van der Waals surface area contributed by atoms with Gasteiger partial charge in [-0.15, -0.1) is 0 Å². The van der Waals surface area contributed by atoms with E-state index in [4.69, 9.17) is 10.5 Å². The number of primary amides is 1. The van der Waals surface area contributed by atoms with Crippen LogP contribution in [-0.4, -0.2) is 72.7 Å². The van der Waals surface area contributed by atoms with Crippen LogP contribution in [0.15, 0.2) is 48.8 Å². The summed E-state index contributed by atoms with van der Waals surface area (Å²) in [5.41, 5.74) is 9.19. The summed E-state index contributed by atoms with van der Waals surface area (Å²) in [4.78, 5) is 51.4. The molecule has 2 N–H and O–H groups in total. The number of nitrogens with two attached hydrogens (primary N) is 1. The Hall–Kier alpha value is -4.74. The number of rotatable bonds is 5. The molecule has 4 unspecified atom stereocenters. The summed E-state index contributed by atoms with van der Waals surface area (Å²) >= 11 is 0. The Balaban J connectivity index is 0.000000188. The fraction of sp³-hybridized carbons (Fsp3) is 0.500. The summed E-state index contributed by atoms with van der Waals surface area (Å²) in [6, 6.07) is 11.9. The van der Waals surface area contributed by atoms with Gasteiger partial charge in [0.05, 0.1) is 29.7 Å². The molecule has 0 spiro atoms. The second kappa shape index (κ2) is 15.0. The highest BCUT2D eigenvalue weighted by Crippen LogP contribution is 2.36. The lowest BCUT2D eigenvalue weighted by Crippen LogP contribution is -2.46. The van der Waals surface area contributed by atoms with Crippen molar-refractivity contribution < 1.29 is 23.9 Å². The molecule has 0 aliphatic carbocycles. The number of hydrogen-bond acceptors (Lipinski definition) is 7. The van der Waals surface area contributed by atoms with E-state index >= 15 is 0 Å². The Morgan fingerprint density at radius 2 is 1.19 bits per heavy atom. The normalized spacial score (nSPS) is 21.1. The van der Waals surface area contributed by atoms with Gasteiger partial charge >= 0.3 is 23.7 Å². The molecule has 4 heterocycles. The first kappa shape index (κ1) is 34.6. The topological polar surface area (TPSA) is 146 Å². The zero-order chi connectivity index (χ0) is 34.5. The average molecular weight is 658 g/mol. The van der Waals surface area contributed by atoms with Crippen molar-refractivity contribution in [3.8, 4) is 0 Å². The number of benzene rings is 2. The largest absolute Gasteiger partial charge is 0.459 e. The number of aromatic nitrogens is 4. The zero-order valence-corrected chi connectivity index (χ0v) is 28.6. The maximum absolute atomic E-state index is 12.6. The third-order valence-corrected chi connectivity index (χ3v) is 9.39. The summed E-state index contributed by atoms with van der Waals surface area (Å²) in [5.74, 6) is -2.03. The predicted octanol–water partition coefficient (Wildman–Crippen LogP) is 4.76. The Labute approximate surface area is 281 Å². The maximum Gasteiger partial charge on any atom is 0.397 e. The second-order valence-corrected chi connectivity index (χ2v) is 13.0. The van der Waals surface area contributed by atoms with E-state index in [1.807, 2.05) is 52.9 Å². The summed E-state index contributed by atoms with van der Waals surface area (Å²) in [5, 5.41) is 11.1. The molecular weight excluding hydrogens is 610 g/mol. The summed E-state index contributed by atoms with van der Waals surface area (Å²) in [6.45, 7) is 13.0. The van der Waals surface area contributed by atoms with E-state index in [1.54, 1.807) is 16.7 Å². The molecule has 4 aromatic rings. The Kier molecular flexibility index (Phi) is 10.8. The van der Waals surface area contributed by atoms with Gasteiger partial charge in [-0.05, 0) is 93.7 Å². The van der Waals surface area contributed by atoms with Crippen LogP contribution in [0.4, 0.5) is 0 Å². The van der Waals surface area contributed by atoms with Gasteiger partial charge in [0.2, 0.25) is 0 Å². The van der Waals surface area contributed by atoms with E-state index in [9.17, 15) is 19.2 Å². The van der Waals surface area contributed by atoms with Gasteiger partial charge in [0.15, 0.2) is 0 Å². The SMILES string of the molecule is CCOC(=O)C(=O)N1CC(C)CCC1c1ccc2nn(CC)cc2c1.CCn1cc2cc(C3CCC(C)CN3C(=O)C(N)=O)ccc2n1. The Bertz CT molecular complexity index is 1800. The lowest BCUT2D eigenvalue weighted by molar-refractivity contribution is -0.162. The first-order chi connectivity index (χ1) is 23.0. The van der Waals surface area contributed by atoms with Gasteiger partial charge in [0, 0.05) is 49.3 Å². The third-order valence-electron chi connectivity index (χ3n) is 9.39. The zero-order valence-electron chi connectivity index (χ0n) is 28.6. The number of nitrogens with zero attached hydrogens (tertiary/aromatic N) is 6. The van der Waals surface area contributed by atoms with E-state index in [2.05, 4.69) is 43.1 Å². The Morgan fingerprint density at radius 1 is 0.729 bits per heavy atom. The summed E-state index contributed by atoms with van der Waals surface area (Å²) in [7, 11) is 0. The first-order valence-corrected chi connectivity index (χ1v) is 17.0. The smallest absolute Gasteiger partial charge is 0.397 e. The van der Waals surface area contributed by atoms with Crippen LogP contribution in [0, 0.1) is 11.8 Å². The molecular formula is C36H47N7O5. The third kappa shape index (κ3) is 7.53. The monoisotopic (exact) mass is 657 g/mol. The van der Waals surface area contributed by atoms with Crippen molar-refractivity contribution in [2.45, 2.75) is 85.5 Å². The summed E-state index contributed by atoms with van der Waals surface area (Å²) in [6.07, 6.45) is 7.77. The lowest BCUT2D eigenvalue weighted by atomic mass is 9.89. The molecule has 0 saturated carbocycles. The number of hydrogen-bond donors (Lipinski definition) is 1. The van der Waals surface area contributed by atoms with Crippen LogP contribution in [0.2, 0.25) is 0 Å². The van der Waals surface area contributed by atoms with Crippen LogP contribution in [0.5, 0.6) is 0 Å². The number of likely N-dealkylation sites (tertiary alicyclic amines) is 2. The minimum absolute atomic E-state index is 0.0949. The molecule has 48 heavy (non-hydrogen) atoms. The van der Waals surface area contributed by atoms with Crippen LogP contribution in [0.3, 0.4) is 0 Å². The van der Waals surface area contributed by atoms with Gasteiger partial charge in [-0.25, -0.2) is 4.79 Å². The number of fused-ring (bicyclic) bond motifs is 2. The van der Waals surface area contributed by atoms with E-state index in [-0.39, 0.29) is 18.7 Å². The minimum Gasteiger partial charge on any atom is -0.459 e. The molecule has 6 rings (SSSR count). The molecule has 2 aliphatic rings. The van der Waals surface area contributed by atoms with Gasteiger partial charge < -0.3 is 20.3 Å². The molecule has 3 amide bonds. The van der Waals surface area contributed by atoms with Crippen molar-refractivity contribution in [1.29, 1.82) is 0 Å². The van der Waals surface area contributed by atoms with Crippen molar-refractivity contribution in [2.24, 2.45) is 17.6 Å². The van der Waals surface area contributed by atoms with Crippen molar-refractivity contribution in [3.63, 3.8) is 0 Å². The van der Waals surface area contributed by atoms with Crippen molar-refractivity contribution in [3.05, 3.63) is 59.9 Å². The first-order valence-electron chi connectivity index (χ1n) is 17.0. The molecule has 2 aromatic carbocycles. The number of piperidine rings is 2. The predicted molar refractivity (Wildman–Crippen MR) is 182 cm³/mol. The van der Waals surface area contributed by atoms with Crippen LogP contribution < -0.4 is 5.73 Å². The fourth-order valence-corrected chi connectivity index (χ4v) is 6.83. The number of carbonyl (C=O) groups excluding carboxylic acids is 4. The molecule has 2 fully saturated rings. The maximum atomic E-state index is 12.6. The van der Waals surface area contributed by atoms with E-state index in [0.29, 0.717) is 24.9 Å². The minimum atomic E-state index is -0.885. The molecule has 12 nitrogen and oxygen atoms in total. The summed E-state index contributed by atoms with van der Waals surface area (Å²) < 4.78 is 8.72. The molecule has 2 aromatic heterocycles. The van der Waals surface area contributed by atoms with Crippen LogP contribution in [0.25, 0.3) is 21.8 Å². The van der Waals surface area contributed by atoms with Gasteiger partial charge in [-0.3, -0.25) is 23.7 Å².